The highest BCUT2D eigenvalue weighted by atomic mass is 16.6. The first-order chi connectivity index (χ1) is 20.7. The van der Waals surface area contributed by atoms with Crippen molar-refractivity contribution in [1.29, 1.82) is 0 Å². The Labute approximate surface area is 247 Å². The number of aliphatic hydroxyl groups is 1. The molecule has 1 amide bonds. The van der Waals surface area contributed by atoms with Crippen LogP contribution in [-0.2, 0) is 51.0 Å². The van der Waals surface area contributed by atoms with Crippen LogP contribution in [-0.4, -0.2) is 180 Å². The van der Waals surface area contributed by atoms with Crippen molar-refractivity contribution in [2.75, 3.05) is 138 Å². The van der Waals surface area contributed by atoms with Crippen LogP contribution in [0.4, 0.5) is 4.79 Å². The maximum atomic E-state index is 11.0. The number of amides is 1. The minimum absolute atomic E-state index is 0.0212. The second-order valence-electron chi connectivity index (χ2n) is 9.15. The summed E-state index contributed by atoms with van der Waals surface area (Å²) in [6, 6.07) is 0. The van der Waals surface area contributed by atoms with E-state index >= 15 is 0 Å². The molecule has 1 aliphatic heterocycles. The predicted molar refractivity (Wildman–Crippen MR) is 149 cm³/mol. The lowest BCUT2D eigenvalue weighted by atomic mass is 10.3. The number of ether oxygens (including phenoxy) is 8. The highest BCUT2D eigenvalue weighted by molar-refractivity contribution is 5.65. The number of carbonyl (C=O) groups is 1. The summed E-state index contributed by atoms with van der Waals surface area (Å²) < 4.78 is 45.2. The van der Waals surface area contributed by atoms with Crippen molar-refractivity contribution < 1.29 is 52.9 Å². The van der Waals surface area contributed by atoms with Crippen LogP contribution >= 0.6 is 0 Å². The summed E-state index contributed by atoms with van der Waals surface area (Å²) in [4.78, 5) is 14.6. The Bertz CT molecular complexity index is 769. The van der Waals surface area contributed by atoms with Crippen molar-refractivity contribution in [3.8, 4) is 0 Å². The summed E-state index contributed by atoms with van der Waals surface area (Å²) in [5, 5.41) is 25.8. The van der Waals surface area contributed by atoms with Crippen LogP contribution in [0.2, 0.25) is 0 Å². The van der Waals surface area contributed by atoms with Crippen LogP contribution in [0.1, 0.15) is 5.69 Å². The van der Waals surface area contributed by atoms with Crippen molar-refractivity contribution in [3.63, 3.8) is 0 Å². The third kappa shape index (κ3) is 19.2. The van der Waals surface area contributed by atoms with Crippen molar-refractivity contribution in [2.24, 2.45) is 0 Å². The van der Waals surface area contributed by atoms with Crippen molar-refractivity contribution in [1.82, 2.24) is 24.8 Å². The lowest BCUT2D eigenvalue weighted by Crippen LogP contribution is -2.48. The SMILES string of the molecule is O=C(O)N1CCN(CCOCc2cn(CCOCCOCCOCCOCCOCCOCCOCCO)nn2)CC1. The van der Waals surface area contributed by atoms with Crippen molar-refractivity contribution in [3.05, 3.63) is 11.9 Å². The number of piperazine rings is 1. The molecule has 244 valence electrons. The molecule has 0 saturated carbocycles. The number of aromatic nitrogens is 3. The average Bonchev–Trinajstić information content (AvgIpc) is 3.45. The molecule has 0 aliphatic carbocycles. The molecule has 1 aromatic rings. The molecule has 0 atom stereocenters. The monoisotopic (exact) mass is 607 g/mol. The Morgan fingerprint density at radius 1 is 0.643 bits per heavy atom. The van der Waals surface area contributed by atoms with Gasteiger partial charge in [0.1, 0.15) is 5.69 Å². The van der Waals surface area contributed by atoms with Gasteiger partial charge in [-0.3, -0.25) is 4.90 Å². The van der Waals surface area contributed by atoms with Crippen LogP contribution in [0.15, 0.2) is 6.20 Å². The van der Waals surface area contributed by atoms with E-state index < -0.39 is 6.09 Å². The van der Waals surface area contributed by atoms with Gasteiger partial charge in [0, 0.05) is 32.7 Å². The van der Waals surface area contributed by atoms with Gasteiger partial charge < -0.3 is 53.0 Å². The van der Waals surface area contributed by atoms with Crippen LogP contribution in [0.5, 0.6) is 0 Å². The van der Waals surface area contributed by atoms with Crippen LogP contribution in [0, 0.1) is 0 Å². The second-order valence-corrected chi connectivity index (χ2v) is 9.15. The summed E-state index contributed by atoms with van der Waals surface area (Å²) in [5.74, 6) is 0. The van der Waals surface area contributed by atoms with E-state index in [0.717, 1.165) is 25.3 Å². The molecule has 0 radical (unpaired) electrons. The van der Waals surface area contributed by atoms with Gasteiger partial charge in [-0.15, -0.1) is 5.10 Å². The lowest BCUT2D eigenvalue weighted by molar-refractivity contribution is -0.0217. The van der Waals surface area contributed by atoms with Crippen molar-refractivity contribution >= 4 is 6.09 Å². The number of carboxylic acid groups (broad SMARTS) is 1. The molecule has 16 nitrogen and oxygen atoms in total. The van der Waals surface area contributed by atoms with Crippen LogP contribution in [0.25, 0.3) is 0 Å². The van der Waals surface area contributed by atoms with Gasteiger partial charge in [-0.05, 0) is 0 Å². The largest absolute Gasteiger partial charge is 0.465 e. The van der Waals surface area contributed by atoms with Gasteiger partial charge in [-0.25, -0.2) is 9.48 Å². The van der Waals surface area contributed by atoms with E-state index in [-0.39, 0.29) is 6.61 Å². The Hall–Kier alpha value is -1.99. The zero-order valence-corrected chi connectivity index (χ0v) is 24.6. The molecule has 16 heteroatoms. The van der Waals surface area contributed by atoms with E-state index in [1.54, 1.807) is 4.68 Å². The molecule has 1 fully saturated rings. The highest BCUT2D eigenvalue weighted by Crippen LogP contribution is 2.02. The molecule has 2 heterocycles. The fourth-order valence-corrected chi connectivity index (χ4v) is 3.69. The molecule has 1 aliphatic rings. The smallest absolute Gasteiger partial charge is 0.407 e. The molecule has 1 saturated heterocycles. The standard InChI is InChI=1S/C26H49N5O11/c32-7-10-36-12-14-38-16-18-40-20-22-41-21-19-39-17-15-37-13-11-35-9-6-31-23-25(27-28-31)24-42-8-5-29-1-3-30(4-2-29)26(33)34/h23,32H,1-22,24H2,(H,33,34). The number of hydrogen-bond donors (Lipinski definition) is 2. The fraction of sp³-hybridized carbons (Fsp3) is 0.885. The molecule has 0 bridgehead atoms. The number of nitrogens with zero attached hydrogens (tertiary/aromatic N) is 5. The van der Waals surface area contributed by atoms with Gasteiger partial charge in [-0.1, -0.05) is 5.21 Å². The summed E-state index contributed by atoms with van der Waals surface area (Å²) in [5.41, 5.74) is 0.756. The number of hydrogen-bond acceptors (Lipinski definition) is 13. The van der Waals surface area contributed by atoms with Gasteiger partial charge in [0.25, 0.3) is 0 Å². The van der Waals surface area contributed by atoms with Crippen LogP contribution < -0.4 is 0 Å². The number of rotatable bonds is 28. The normalized spacial score (nSPS) is 14.2. The van der Waals surface area contributed by atoms with Gasteiger partial charge >= 0.3 is 6.09 Å². The molecule has 1 aromatic heterocycles. The van der Waals surface area contributed by atoms with E-state index in [1.165, 1.54) is 4.90 Å². The summed E-state index contributed by atoms with van der Waals surface area (Å²) in [6.45, 7) is 11.5. The Balaban J connectivity index is 1.27. The van der Waals surface area contributed by atoms with Gasteiger partial charge in [0.05, 0.1) is 125 Å². The molecule has 0 aromatic carbocycles. The zero-order valence-electron chi connectivity index (χ0n) is 24.6. The Morgan fingerprint density at radius 2 is 1.10 bits per heavy atom. The minimum Gasteiger partial charge on any atom is -0.465 e. The topological polar surface area (TPSA) is 169 Å². The quantitative estimate of drug-likeness (QED) is 0.114. The molecule has 0 unspecified atom stereocenters. The molecular formula is C26H49N5O11. The first kappa shape index (κ1) is 36.2. The Kier molecular flexibility index (Phi) is 22.0. The van der Waals surface area contributed by atoms with E-state index in [9.17, 15) is 4.79 Å². The summed E-state index contributed by atoms with van der Waals surface area (Å²) >= 11 is 0. The minimum atomic E-state index is -0.857. The maximum Gasteiger partial charge on any atom is 0.407 e. The lowest BCUT2D eigenvalue weighted by Gasteiger charge is -2.32. The number of aliphatic hydroxyl groups excluding tert-OH is 1. The van der Waals surface area contributed by atoms with Gasteiger partial charge in [-0.2, -0.15) is 0 Å². The molecule has 2 N–H and O–H groups in total. The summed E-state index contributed by atoms with van der Waals surface area (Å²) in [7, 11) is 0. The fourth-order valence-electron chi connectivity index (χ4n) is 3.69. The zero-order chi connectivity index (χ0) is 29.9. The predicted octanol–water partition coefficient (Wildman–Crippen LogP) is -0.801. The van der Waals surface area contributed by atoms with E-state index in [4.69, 9.17) is 48.1 Å². The average molecular weight is 608 g/mol. The van der Waals surface area contributed by atoms with E-state index in [1.807, 2.05) is 6.20 Å². The second kappa shape index (κ2) is 25.5. The molecule has 0 spiro atoms. The van der Waals surface area contributed by atoms with E-state index in [2.05, 4.69) is 15.2 Å². The van der Waals surface area contributed by atoms with Gasteiger partial charge in [0.15, 0.2) is 0 Å². The maximum absolute atomic E-state index is 11.0. The van der Waals surface area contributed by atoms with Crippen molar-refractivity contribution in [2.45, 2.75) is 13.2 Å². The summed E-state index contributed by atoms with van der Waals surface area (Å²) in [6.07, 6.45) is 0.986. The van der Waals surface area contributed by atoms with Crippen LogP contribution in [0.3, 0.4) is 0 Å². The third-order valence-corrected chi connectivity index (χ3v) is 5.96. The van der Waals surface area contributed by atoms with E-state index in [0.29, 0.717) is 125 Å². The first-order valence-electron chi connectivity index (χ1n) is 14.5. The Morgan fingerprint density at radius 3 is 1.57 bits per heavy atom. The third-order valence-electron chi connectivity index (χ3n) is 5.96. The highest BCUT2D eigenvalue weighted by Gasteiger charge is 2.19. The molecular weight excluding hydrogens is 558 g/mol. The first-order valence-corrected chi connectivity index (χ1v) is 14.5. The van der Waals surface area contributed by atoms with Gasteiger partial charge in [0.2, 0.25) is 0 Å². The molecule has 2 rings (SSSR count). The molecule has 42 heavy (non-hydrogen) atoms.